The highest BCUT2D eigenvalue weighted by Gasteiger charge is 2.32. The van der Waals surface area contributed by atoms with Gasteiger partial charge in [0.05, 0.1) is 11.7 Å². The Morgan fingerprint density at radius 3 is 2.44 bits per heavy atom. The van der Waals surface area contributed by atoms with Crippen molar-refractivity contribution in [3.63, 3.8) is 0 Å². The van der Waals surface area contributed by atoms with E-state index in [1.54, 1.807) is 25.3 Å². The van der Waals surface area contributed by atoms with E-state index >= 15 is 0 Å². The third-order valence-electron chi connectivity index (χ3n) is 5.89. The molecule has 0 radical (unpaired) electrons. The minimum absolute atomic E-state index is 0.0144. The molecule has 36 heavy (non-hydrogen) atoms. The fraction of sp³-hybridized carbons (Fsp3) is 0.222. The van der Waals surface area contributed by atoms with Crippen LogP contribution in [0, 0.1) is 0 Å². The highest BCUT2D eigenvalue weighted by Crippen LogP contribution is 2.33. The molecule has 1 aliphatic heterocycles. The summed E-state index contributed by atoms with van der Waals surface area (Å²) in [4.78, 5) is 40.5. The summed E-state index contributed by atoms with van der Waals surface area (Å²) >= 11 is 0. The number of nitrogens with one attached hydrogen (secondary N) is 1. The summed E-state index contributed by atoms with van der Waals surface area (Å²) in [6.07, 6.45) is 0.687. The van der Waals surface area contributed by atoms with Gasteiger partial charge in [0.25, 0.3) is 0 Å². The molecular weight excluding hydrogens is 460 g/mol. The molecule has 1 aliphatic rings. The van der Waals surface area contributed by atoms with Crippen LogP contribution in [0.15, 0.2) is 84.7 Å². The van der Waals surface area contributed by atoms with Crippen molar-refractivity contribution >= 4 is 34.4 Å². The minimum Gasteiger partial charge on any atom is -0.480 e. The fourth-order valence-corrected chi connectivity index (χ4v) is 4.08. The fourth-order valence-electron chi connectivity index (χ4n) is 4.08. The number of carbonyl (C=O) groups excluding carboxylic acids is 2. The maximum absolute atomic E-state index is 12.7. The quantitative estimate of drug-likeness (QED) is 0.444. The van der Waals surface area contributed by atoms with Crippen LogP contribution < -0.4 is 16.0 Å². The molecule has 0 fully saturated rings. The highest BCUT2D eigenvalue weighted by molar-refractivity contribution is 5.95. The summed E-state index contributed by atoms with van der Waals surface area (Å²) in [6, 6.07) is 20.7. The Labute approximate surface area is 208 Å². The Kier molecular flexibility index (Phi) is 7.50. The molecule has 2 amide bonds. The molecule has 0 aromatic heterocycles. The molecular formula is C27H28N4O5. The van der Waals surface area contributed by atoms with Crippen LogP contribution in [0.5, 0.6) is 0 Å². The molecule has 0 saturated heterocycles. The Bertz CT molecular complexity index is 1290. The number of alkyl carbamates (subject to hydrolysis) is 1. The first-order chi connectivity index (χ1) is 17.3. The van der Waals surface area contributed by atoms with Gasteiger partial charge in [-0.25, -0.2) is 9.59 Å². The second kappa shape index (κ2) is 10.9. The number of hydrogen-bond acceptors (Lipinski definition) is 6. The van der Waals surface area contributed by atoms with E-state index in [-0.39, 0.29) is 25.6 Å². The van der Waals surface area contributed by atoms with E-state index in [1.165, 1.54) is 4.90 Å². The van der Waals surface area contributed by atoms with Gasteiger partial charge in [-0.3, -0.25) is 9.69 Å². The number of nitrogens with two attached hydrogens (primary N) is 1. The summed E-state index contributed by atoms with van der Waals surface area (Å²) in [6.45, 7) is 1.79. The number of benzene rings is 3. The van der Waals surface area contributed by atoms with E-state index in [0.29, 0.717) is 5.70 Å². The molecule has 0 aliphatic carbocycles. The second-order valence-corrected chi connectivity index (χ2v) is 8.59. The lowest BCUT2D eigenvalue weighted by Crippen LogP contribution is -2.43. The van der Waals surface area contributed by atoms with Gasteiger partial charge >= 0.3 is 12.1 Å². The molecule has 9 nitrogen and oxygen atoms in total. The molecule has 186 valence electrons. The minimum atomic E-state index is -1.28. The van der Waals surface area contributed by atoms with E-state index in [9.17, 15) is 19.5 Å². The van der Waals surface area contributed by atoms with Crippen molar-refractivity contribution in [2.75, 3.05) is 11.6 Å². The lowest BCUT2D eigenvalue weighted by molar-refractivity contribution is -0.139. The number of hydrogen-bond donors (Lipinski definition) is 3. The summed E-state index contributed by atoms with van der Waals surface area (Å²) in [5.74, 6) is -1.51. The monoisotopic (exact) mass is 488 g/mol. The van der Waals surface area contributed by atoms with Gasteiger partial charge in [-0.05, 0) is 23.9 Å². The van der Waals surface area contributed by atoms with Gasteiger partial charge in [-0.1, -0.05) is 66.7 Å². The number of carboxylic acid groups (broad SMARTS) is 1. The van der Waals surface area contributed by atoms with E-state index in [0.717, 1.165) is 22.0 Å². The molecule has 0 spiro atoms. The van der Waals surface area contributed by atoms with Crippen molar-refractivity contribution in [2.24, 2.45) is 5.73 Å². The van der Waals surface area contributed by atoms with Crippen molar-refractivity contribution in [3.05, 3.63) is 90.3 Å². The third kappa shape index (κ3) is 5.64. The number of rotatable bonds is 8. The van der Waals surface area contributed by atoms with Gasteiger partial charge in [0.15, 0.2) is 0 Å². The molecule has 3 aromatic rings. The molecule has 3 aromatic carbocycles. The van der Waals surface area contributed by atoms with Gasteiger partial charge in [0, 0.05) is 23.7 Å². The summed E-state index contributed by atoms with van der Waals surface area (Å²) in [7, 11) is 0. The maximum Gasteiger partial charge on any atom is 0.408 e. The first-order valence-corrected chi connectivity index (χ1v) is 11.6. The molecule has 0 unspecified atom stereocenters. The molecule has 9 heteroatoms. The molecule has 0 bridgehead atoms. The molecule has 2 atom stereocenters. The van der Waals surface area contributed by atoms with Gasteiger partial charge < -0.3 is 25.8 Å². The Balaban J connectivity index is 1.56. The maximum atomic E-state index is 12.7. The third-order valence-corrected chi connectivity index (χ3v) is 5.89. The van der Waals surface area contributed by atoms with Gasteiger partial charge in [-0.2, -0.15) is 0 Å². The molecule has 4 rings (SSSR count). The van der Waals surface area contributed by atoms with Crippen molar-refractivity contribution in [2.45, 2.75) is 32.0 Å². The summed E-state index contributed by atoms with van der Waals surface area (Å²) < 4.78 is 5.21. The van der Waals surface area contributed by atoms with Crippen LogP contribution in [-0.2, 0) is 20.9 Å². The van der Waals surface area contributed by atoms with E-state index < -0.39 is 24.1 Å². The van der Waals surface area contributed by atoms with E-state index in [2.05, 4.69) is 5.32 Å². The van der Waals surface area contributed by atoms with Gasteiger partial charge in [0.1, 0.15) is 19.3 Å². The van der Waals surface area contributed by atoms with Crippen LogP contribution in [-0.4, -0.2) is 46.7 Å². The highest BCUT2D eigenvalue weighted by atomic mass is 16.5. The second-order valence-electron chi connectivity index (χ2n) is 8.59. The predicted molar refractivity (Wildman–Crippen MR) is 136 cm³/mol. The summed E-state index contributed by atoms with van der Waals surface area (Å²) in [5.41, 5.74) is 7.98. The zero-order chi connectivity index (χ0) is 25.7. The molecule has 0 saturated carbocycles. The Morgan fingerprint density at radius 1 is 1.03 bits per heavy atom. The van der Waals surface area contributed by atoms with E-state index in [1.807, 2.05) is 65.6 Å². The standard InChI is InChI=1S/C27H28N4O5/c1-18(28)25(32)30-15-21(31(17-30)24-13-7-11-20-10-5-6-12-22(20)24)14-23(26(33)34)29-27(35)36-16-19-8-3-2-4-9-19/h2-13,15,18,23H,14,16-17,28H2,1H3,(H,29,35)(H,33,34)/t18-,23-/m0/s1. The Hall–Kier alpha value is -4.37. The average molecular weight is 489 g/mol. The van der Waals surface area contributed by atoms with Crippen LogP contribution in [0.3, 0.4) is 0 Å². The first kappa shape index (κ1) is 24.7. The zero-order valence-corrected chi connectivity index (χ0v) is 19.8. The van der Waals surface area contributed by atoms with Crippen LogP contribution in [0.4, 0.5) is 10.5 Å². The van der Waals surface area contributed by atoms with Crippen LogP contribution in [0.1, 0.15) is 18.9 Å². The molecule has 4 N–H and O–H groups in total. The predicted octanol–water partition coefficient (Wildman–Crippen LogP) is 3.40. The Morgan fingerprint density at radius 2 is 1.72 bits per heavy atom. The van der Waals surface area contributed by atoms with Crippen molar-refractivity contribution in [1.29, 1.82) is 0 Å². The van der Waals surface area contributed by atoms with Crippen molar-refractivity contribution < 1.29 is 24.2 Å². The first-order valence-electron chi connectivity index (χ1n) is 11.6. The zero-order valence-electron chi connectivity index (χ0n) is 19.8. The number of nitrogens with zero attached hydrogens (tertiary/aromatic N) is 2. The SMILES string of the molecule is C[C@H](N)C(=O)N1C=C(C[C@H](NC(=O)OCc2ccccc2)C(=O)O)N(c2cccc3ccccc23)C1. The average Bonchev–Trinajstić information content (AvgIpc) is 3.30. The lowest BCUT2D eigenvalue weighted by atomic mass is 10.1. The normalized spacial score (nSPS) is 14.8. The van der Waals surface area contributed by atoms with Crippen LogP contribution >= 0.6 is 0 Å². The number of fused-ring (bicyclic) bond motifs is 1. The van der Waals surface area contributed by atoms with Crippen molar-refractivity contribution in [1.82, 2.24) is 10.2 Å². The topological polar surface area (TPSA) is 125 Å². The lowest BCUT2D eigenvalue weighted by Gasteiger charge is -2.26. The smallest absolute Gasteiger partial charge is 0.408 e. The number of anilines is 1. The van der Waals surface area contributed by atoms with Gasteiger partial charge in [0.2, 0.25) is 5.91 Å². The van der Waals surface area contributed by atoms with Crippen LogP contribution in [0.2, 0.25) is 0 Å². The number of carboxylic acids is 1. The summed E-state index contributed by atoms with van der Waals surface area (Å²) in [5, 5.41) is 14.2. The van der Waals surface area contributed by atoms with Gasteiger partial charge in [-0.15, -0.1) is 0 Å². The number of carbonyl (C=O) groups is 3. The largest absolute Gasteiger partial charge is 0.480 e. The van der Waals surface area contributed by atoms with Crippen molar-refractivity contribution in [3.8, 4) is 0 Å². The number of ether oxygens (including phenoxy) is 1. The molecule has 1 heterocycles. The van der Waals surface area contributed by atoms with E-state index in [4.69, 9.17) is 10.5 Å². The van der Waals surface area contributed by atoms with Crippen LogP contribution in [0.25, 0.3) is 10.8 Å². The number of aliphatic carboxylic acids is 1. The number of amides is 2.